The van der Waals surface area contributed by atoms with E-state index in [4.69, 9.17) is 4.74 Å². The van der Waals surface area contributed by atoms with E-state index in [2.05, 4.69) is 31.0 Å². The van der Waals surface area contributed by atoms with Crippen LogP contribution in [0.1, 0.15) is 0 Å². The smallest absolute Gasteiger partial charge is 0.167 e. The number of benzene rings is 2. The Morgan fingerprint density at radius 1 is 1.00 bits per heavy atom. The van der Waals surface area contributed by atoms with Crippen molar-refractivity contribution < 1.29 is 4.74 Å². The average Bonchev–Trinajstić information content (AvgIpc) is 3.12. The van der Waals surface area contributed by atoms with Gasteiger partial charge in [-0.2, -0.15) is 5.10 Å². The number of para-hydroxylation sites is 1. The lowest BCUT2D eigenvalue weighted by Gasteiger charge is -2.06. The van der Waals surface area contributed by atoms with Crippen molar-refractivity contribution in [2.75, 3.05) is 12.4 Å². The van der Waals surface area contributed by atoms with Crippen LogP contribution in [0.5, 0.6) is 5.75 Å². The van der Waals surface area contributed by atoms with Crippen LogP contribution in [0.25, 0.3) is 16.7 Å². The largest absolute Gasteiger partial charge is 0.493 e. The number of ether oxygens (including phenoxy) is 1. The molecule has 7 heteroatoms. The van der Waals surface area contributed by atoms with Crippen LogP contribution in [-0.2, 0) is 0 Å². The summed E-state index contributed by atoms with van der Waals surface area (Å²) in [7, 11) is 0. The lowest BCUT2D eigenvalue weighted by atomic mass is 10.3. The summed E-state index contributed by atoms with van der Waals surface area (Å²) in [5.41, 5.74) is 1.79. The van der Waals surface area contributed by atoms with E-state index in [1.807, 2.05) is 65.5 Å². The van der Waals surface area contributed by atoms with Crippen LogP contribution in [0.4, 0.5) is 0 Å². The topological polar surface area (TPSA) is 52.8 Å². The van der Waals surface area contributed by atoms with Gasteiger partial charge in [-0.05, 0) is 36.4 Å². The Balaban J connectivity index is 1.45. The fourth-order valence-corrected chi connectivity index (χ4v) is 3.57. The van der Waals surface area contributed by atoms with Gasteiger partial charge in [0.05, 0.1) is 23.9 Å². The molecule has 0 aliphatic rings. The molecule has 0 spiro atoms. The second-order valence-corrected chi connectivity index (χ2v) is 7.46. The van der Waals surface area contributed by atoms with Gasteiger partial charge in [0, 0.05) is 10.2 Å². The zero-order valence-electron chi connectivity index (χ0n) is 13.7. The van der Waals surface area contributed by atoms with Crippen LogP contribution in [-0.4, -0.2) is 32.1 Å². The molecule has 0 N–H and O–H groups in total. The van der Waals surface area contributed by atoms with Gasteiger partial charge in [0.1, 0.15) is 17.1 Å². The quantitative estimate of drug-likeness (QED) is 0.253. The summed E-state index contributed by atoms with van der Waals surface area (Å²) >= 11 is 5.06. The van der Waals surface area contributed by atoms with Gasteiger partial charge in [-0.3, -0.25) is 0 Å². The molecule has 2 aromatic heterocycles. The van der Waals surface area contributed by atoms with Gasteiger partial charge in [-0.15, -0.1) is 11.8 Å². The van der Waals surface area contributed by atoms with Gasteiger partial charge < -0.3 is 4.74 Å². The first-order valence-electron chi connectivity index (χ1n) is 8.06. The lowest BCUT2D eigenvalue weighted by Crippen LogP contribution is -2.01. The Morgan fingerprint density at radius 2 is 1.81 bits per heavy atom. The first-order chi connectivity index (χ1) is 12.8. The molecule has 5 nitrogen and oxygen atoms in total. The fourth-order valence-electron chi connectivity index (χ4n) is 2.52. The molecule has 0 bridgehead atoms. The number of rotatable bonds is 6. The number of hydrogen-bond acceptors (Lipinski definition) is 5. The summed E-state index contributed by atoms with van der Waals surface area (Å²) in [6.45, 7) is 0.602. The Morgan fingerprint density at radius 3 is 2.62 bits per heavy atom. The van der Waals surface area contributed by atoms with E-state index in [1.165, 1.54) is 0 Å². The van der Waals surface area contributed by atoms with E-state index < -0.39 is 0 Å². The number of halogens is 1. The zero-order valence-corrected chi connectivity index (χ0v) is 16.2. The minimum Gasteiger partial charge on any atom is -0.493 e. The van der Waals surface area contributed by atoms with Crippen molar-refractivity contribution in [3.05, 3.63) is 71.6 Å². The molecule has 2 aromatic carbocycles. The fraction of sp³-hybridized carbons (Fsp3) is 0.105. The van der Waals surface area contributed by atoms with Gasteiger partial charge >= 0.3 is 0 Å². The number of nitrogens with zero attached hydrogens (tertiary/aromatic N) is 4. The number of fused-ring (bicyclic) bond motifs is 1. The molecule has 0 unspecified atom stereocenters. The lowest BCUT2D eigenvalue weighted by molar-refractivity contribution is 0.344. The zero-order chi connectivity index (χ0) is 17.8. The molecule has 0 aliphatic carbocycles. The van der Waals surface area contributed by atoms with Crippen molar-refractivity contribution in [2.24, 2.45) is 0 Å². The summed E-state index contributed by atoms with van der Waals surface area (Å²) in [5, 5.41) is 6.34. The van der Waals surface area contributed by atoms with Crippen LogP contribution in [0.3, 0.4) is 0 Å². The van der Waals surface area contributed by atoms with Crippen LogP contribution >= 0.6 is 27.7 Å². The molecule has 0 saturated heterocycles. The Bertz CT molecular complexity index is 1010. The van der Waals surface area contributed by atoms with E-state index >= 15 is 0 Å². The third-order valence-corrected chi connectivity index (χ3v) is 5.23. The highest BCUT2D eigenvalue weighted by molar-refractivity contribution is 9.10. The molecule has 26 heavy (non-hydrogen) atoms. The summed E-state index contributed by atoms with van der Waals surface area (Å²) in [6, 6.07) is 17.8. The van der Waals surface area contributed by atoms with Crippen molar-refractivity contribution in [3.8, 4) is 11.4 Å². The van der Waals surface area contributed by atoms with Crippen LogP contribution in [0.2, 0.25) is 0 Å². The molecule has 0 saturated carbocycles. The average molecular weight is 427 g/mol. The Hall–Kier alpha value is -2.38. The molecule has 4 aromatic rings. The third kappa shape index (κ3) is 3.73. The van der Waals surface area contributed by atoms with E-state index in [0.717, 1.165) is 37.7 Å². The predicted octanol–water partition coefficient (Wildman–Crippen LogP) is 4.75. The summed E-state index contributed by atoms with van der Waals surface area (Å²) in [4.78, 5) is 8.81. The molecular weight excluding hydrogens is 412 g/mol. The third-order valence-electron chi connectivity index (χ3n) is 3.73. The monoisotopic (exact) mass is 426 g/mol. The molecule has 2 heterocycles. The van der Waals surface area contributed by atoms with E-state index in [1.54, 1.807) is 18.1 Å². The minimum atomic E-state index is 0.602. The number of thioether (sulfide) groups is 1. The van der Waals surface area contributed by atoms with Crippen molar-refractivity contribution in [1.82, 2.24) is 19.7 Å². The molecule has 130 valence electrons. The first kappa shape index (κ1) is 17.1. The molecular formula is C19H15BrN4OS. The summed E-state index contributed by atoms with van der Waals surface area (Å²) in [6.07, 6.45) is 3.40. The maximum atomic E-state index is 5.76. The van der Waals surface area contributed by atoms with E-state index in [-0.39, 0.29) is 0 Å². The SMILES string of the molecule is Brc1ccc(OCCSc2ncnc3c2cnn3-c2ccccc2)cc1. The van der Waals surface area contributed by atoms with Gasteiger partial charge in [-0.25, -0.2) is 14.6 Å². The van der Waals surface area contributed by atoms with Gasteiger partial charge in [0.25, 0.3) is 0 Å². The molecule has 0 radical (unpaired) electrons. The Kier molecular flexibility index (Phi) is 5.17. The molecule has 0 atom stereocenters. The van der Waals surface area contributed by atoms with E-state index in [9.17, 15) is 0 Å². The van der Waals surface area contributed by atoms with Gasteiger partial charge in [0.15, 0.2) is 5.65 Å². The van der Waals surface area contributed by atoms with Crippen molar-refractivity contribution in [2.45, 2.75) is 5.03 Å². The Labute approximate surface area is 163 Å². The van der Waals surface area contributed by atoms with Crippen molar-refractivity contribution in [3.63, 3.8) is 0 Å². The standard InChI is InChI=1S/C19H15BrN4OS/c20-14-6-8-16(9-7-14)25-10-11-26-19-17-12-23-24(18(17)21-13-22-19)15-4-2-1-3-5-15/h1-9,12-13H,10-11H2. The normalized spacial score (nSPS) is 11.0. The van der Waals surface area contributed by atoms with Gasteiger partial charge in [0.2, 0.25) is 0 Å². The van der Waals surface area contributed by atoms with E-state index in [0.29, 0.717) is 6.61 Å². The molecule has 0 amide bonds. The molecule has 4 rings (SSSR count). The van der Waals surface area contributed by atoms with Crippen LogP contribution in [0, 0.1) is 0 Å². The number of aromatic nitrogens is 4. The molecule has 0 aliphatic heterocycles. The van der Waals surface area contributed by atoms with Crippen LogP contribution in [0.15, 0.2) is 76.6 Å². The highest BCUT2D eigenvalue weighted by Crippen LogP contribution is 2.26. The summed E-state index contributed by atoms with van der Waals surface area (Å²) in [5.74, 6) is 1.65. The maximum Gasteiger partial charge on any atom is 0.167 e. The molecule has 0 fully saturated rings. The predicted molar refractivity (Wildman–Crippen MR) is 107 cm³/mol. The van der Waals surface area contributed by atoms with Crippen molar-refractivity contribution in [1.29, 1.82) is 0 Å². The second kappa shape index (κ2) is 7.88. The maximum absolute atomic E-state index is 5.76. The highest BCUT2D eigenvalue weighted by atomic mass is 79.9. The second-order valence-electron chi connectivity index (χ2n) is 5.46. The minimum absolute atomic E-state index is 0.602. The van der Waals surface area contributed by atoms with Crippen molar-refractivity contribution >= 4 is 38.7 Å². The first-order valence-corrected chi connectivity index (χ1v) is 9.84. The summed E-state index contributed by atoms with van der Waals surface area (Å²) < 4.78 is 8.64. The van der Waals surface area contributed by atoms with Gasteiger partial charge in [-0.1, -0.05) is 34.1 Å². The van der Waals surface area contributed by atoms with Crippen LogP contribution < -0.4 is 4.74 Å². The number of hydrogen-bond donors (Lipinski definition) is 0. The highest BCUT2D eigenvalue weighted by Gasteiger charge is 2.11.